The molecule has 4 aromatic rings. The van der Waals surface area contributed by atoms with Crippen LogP contribution >= 0.6 is 39.1 Å². The van der Waals surface area contributed by atoms with Crippen LogP contribution in [0.5, 0.6) is 5.75 Å². The highest BCUT2D eigenvalue weighted by Crippen LogP contribution is 2.65. The molecule has 2 aliphatic carbocycles. The molecule has 2 aliphatic heterocycles. The Balaban J connectivity index is 1.31. The summed E-state index contributed by atoms with van der Waals surface area (Å²) in [4.78, 5) is 75.2. The molecular formula is C39H26BrCl2F3N4O7. The number of amides is 4. The highest BCUT2D eigenvalue weighted by atomic mass is 79.9. The van der Waals surface area contributed by atoms with E-state index in [1.807, 2.05) is 0 Å². The number of allylic oxidation sites excluding steroid dienone is 2. The van der Waals surface area contributed by atoms with E-state index in [9.17, 15) is 42.6 Å². The summed E-state index contributed by atoms with van der Waals surface area (Å²) in [5.41, 5.74) is 0.494. The third kappa shape index (κ3) is 5.69. The number of hydrogen-bond donors (Lipinski definition) is 3. The second-order valence-electron chi connectivity index (χ2n) is 14.0. The summed E-state index contributed by atoms with van der Waals surface area (Å²) in [7, 11) is 0. The summed E-state index contributed by atoms with van der Waals surface area (Å²) >= 11 is 16.0. The number of aromatic carboxylic acids is 1. The number of fused-ring (bicyclic) bond motifs is 4. The molecule has 6 atom stereocenters. The van der Waals surface area contributed by atoms with Crippen molar-refractivity contribution >= 4 is 80.2 Å². The van der Waals surface area contributed by atoms with Gasteiger partial charge in [-0.25, -0.2) is 9.78 Å². The van der Waals surface area contributed by atoms with E-state index in [1.54, 1.807) is 30.3 Å². The van der Waals surface area contributed by atoms with Gasteiger partial charge in [0.2, 0.25) is 11.8 Å². The van der Waals surface area contributed by atoms with Crippen molar-refractivity contribution in [3.05, 3.63) is 127 Å². The molecule has 6 unspecified atom stereocenters. The summed E-state index contributed by atoms with van der Waals surface area (Å²) in [6.07, 6.45) is -2.63. The number of aromatic nitrogens is 1. The third-order valence-corrected chi connectivity index (χ3v) is 12.2. The summed E-state index contributed by atoms with van der Waals surface area (Å²) in [6, 6.07) is 16.8. The van der Waals surface area contributed by atoms with E-state index < -0.39 is 87.2 Å². The summed E-state index contributed by atoms with van der Waals surface area (Å²) in [6.45, 7) is 0. The highest BCUT2D eigenvalue weighted by Gasteiger charge is 2.70. The molecule has 8 rings (SSSR count). The Morgan fingerprint density at radius 1 is 0.946 bits per heavy atom. The number of phenols is 1. The van der Waals surface area contributed by atoms with Crippen LogP contribution in [0.1, 0.15) is 45.8 Å². The Kier molecular flexibility index (Phi) is 9.05. The third-order valence-electron chi connectivity index (χ3n) is 11.2. The molecule has 4 aliphatic rings. The van der Waals surface area contributed by atoms with Gasteiger partial charge >= 0.3 is 12.1 Å². The number of carboxylic acid groups (broad SMARTS) is 1. The van der Waals surface area contributed by atoms with Crippen molar-refractivity contribution in [3.63, 3.8) is 0 Å². The fourth-order valence-corrected chi connectivity index (χ4v) is 9.63. The number of phenolic OH excluding ortho intramolecular Hbond substituents is 1. The maximum absolute atomic E-state index is 15.3. The Bertz CT molecular complexity index is 2430. The fraction of sp³-hybridized carbons (Fsp3) is 0.231. The average Bonchev–Trinajstić information content (AvgIpc) is 3.54. The predicted octanol–water partition coefficient (Wildman–Crippen LogP) is 7.76. The SMILES string of the molecule is O=C(O)c1cccc(N2C(=O)C3CC=C4C(CC5C(=O)N(Nc6ncc(C(F)(F)F)cc6Cl)C(=O)C5(c5ccc(Cl)cc5)C4c4cc(Br)ccc4O)C3C2=O)c1. The zero-order chi connectivity index (χ0) is 40.0. The lowest BCUT2D eigenvalue weighted by Crippen LogP contribution is -2.53. The van der Waals surface area contributed by atoms with E-state index in [4.69, 9.17) is 23.2 Å². The highest BCUT2D eigenvalue weighted by molar-refractivity contribution is 9.10. The number of pyridine rings is 1. The van der Waals surface area contributed by atoms with Crippen LogP contribution in [0.3, 0.4) is 0 Å². The number of carboxylic acids is 1. The van der Waals surface area contributed by atoms with Crippen LogP contribution < -0.4 is 10.3 Å². The number of benzene rings is 3. The van der Waals surface area contributed by atoms with Gasteiger partial charge in [-0.05, 0) is 78.9 Å². The quantitative estimate of drug-likeness (QED) is 0.130. The van der Waals surface area contributed by atoms with Crippen molar-refractivity contribution < 1.29 is 47.4 Å². The van der Waals surface area contributed by atoms with Crippen LogP contribution in [0.2, 0.25) is 10.0 Å². The topological polar surface area (TPSA) is 157 Å². The maximum Gasteiger partial charge on any atom is 0.417 e. The van der Waals surface area contributed by atoms with Crippen LogP contribution in [-0.4, -0.2) is 49.8 Å². The number of nitrogens with zero attached hydrogens (tertiary/aromatic N) is 3. The second-order valence-corrected chi connectivity index (χ2v) is 15.7. The molecule has 1 aromatic heterocycles. The Labute approximate surface area is 333 Å². The van der Waals surface area contributed by atoms with E-state index >= 15 is 4.79 Å². The van der Waals surface area contributed by atoms with Gasteiger partial charge < -0.3 is 10.2 Å². The first-order valence-corrected chi connectivity index (χ1v) is 18.6. The lowest BCUT2D eigenvalue weighted by atomic mass is 9.49. The normalized spacial score (nSPS) is 25.8. The van der Waals surface area contributed by atoms with E-state index in [1.165, 1.54) is 42.5 Å². The number of alkyl halides is 3. The molecule has 56 heavy (non-hydrogen) atoms. The van der Waals surface area contributed by atoms with Crippen molar-refractivity contribution in [3.8, 4) is 5.75 Å². The molecule has 286 valence electrons. The van der Waals surface area contributed by atoms with Crippen molar-refractivity contribution in [2.24, 2.45) is 23.7 Å². The van der Waals surface area contributed by atoms with Crippen molar-refractivity contribution in [2.45, 2.75) is 30.4 Å². The molecular weight excluding hydrogens is 844 g/mol. The number of hydrogen-bond acceptors (Lipinski definition) is 8. The zero-order valence-electron chi connectivity index (χ0n) is 28.4. The molecule has 3 aromatic carbocycles. The number of imide groups is 2. The van der Waals surface area contributed by atoms with Crippen LogP contribution in [0.15, 0.2) is 95.1 Å². The lowest BCUT2D eigenvalue weighted by Gasteiger charge is -2.50. The van der Waals surface area contributed by atoms with Crippen LogP contribution in [0.4, 0.5) is 24.7 Å². The summed E-state index contributed by atoms with van der Waals surface area (Å²) in [5, 5.41) is 21.6. The smallest absolute Gasteiger partial charge is 0.417 e. The minimum atomic E-state index is -4.78. The molecule has 0 bridgehead atoms. The predicted molar refractivity (Wildman–Crippen MR) is 199 cm³/mol. The van der Waals surface area contributed by atoms with Crippen molar-refractivity contribution in [1.82, 2.24) is 9.99 Å². The molecule has 0 radical (unpaired) electrons. The molecule has 3 N–H and O–H groups in total. The Morgan fingerprint density at radius 2 is 1.68 bits per heavy atom. The molecule has 1 saturated carbocycles. The molecule has 3 heterocycles. The van der Waals surface area contributed by atoms with Crippen LogP contribution in [0.25, 0.3) is 0 Å². The number of halogens is 6. The Morgan fingerprint density at radius 3 is 2.36 bits per heavy atom. The fourth-order valence-electron chi connectivity index (χ4n) is 8.92. The average molecular weight is 870 g/mol. The lowest BCUT2D eigenvalue weighted by molar-refractivity contribution is -0.139. The largest absolute Gasteiger partial charge is 0.508 e. The monoisotopic (exact) mass is 868 g/mol. The number of rotatable bonds is 6. The van der Waals surface area contributed by atoms with E-state index in [0.717, 1.165) is 4.90 Å². The molecule has 17 heteroatoms. The van der Waals surface area contributed by atoms with Crippen LogP contribution in [-0.2, 0) is 30.8 Å². The van der Waals surface area contributed by atoms with Gasteiger partial charge in [-0.15, -0.1) is 0 Å². The number of carbonyl (C=O) groups is 5. The van der Waals surface area contributed by atoms with Gasteiger partial charge in [0.25, 0.3) is 11.8 Å². The van der Waals surface area contributed by atoms with E-state index in [-0.39, 0.29) is 35.4 Å². The standard InChI is InChI=1S/C39H26BrCl2F3N4O7/c40-20-6-11-29(50)26(14-20)31-23-9-10-24-30(35(53)48(33(24)51)22-3-1-2-17(12-22)36(54)55)25(23)15-27-34(52)49(37(56)38(27,31)18-4-7-21(41)8-5-18)47-32-28(42)13-19(16-46-32)39(43,44)45/h1-9,11-14,16,24-25,27,30-31,50H,10,15H2,(H,46,47)(H,54,55). The number of nitrogens with one attached hydrogen (secondary N) is 1. The number of hydrazine groups is 1. The second kappa shape index (κ2) is 13.5. The summed E-state index contributed by atoms with van der Waals surface area (Å²) in [5.74, 6) is -10.0. The molecule has 11 nitrogen and oxygen atoms in total. The van der Waals surface area contributed by atoms with Gasteiger partial charge in [-0.2, -0.15) is 18.2 Å². The van der Waals surface area contributed by atoms with Gasteiger partial charge in [0.15, 0.2) is 5.82 Å². The minimum Gasteiger partial charge on any atom is -0.508 e. The molecule has 0 spiro atoms. The van der Waals surface area contributed by atoms with Crippen molar-refractivity contribution in [1.29, 1.82) is 0 Å². The van der Waals surface area contributed by atoms with E-state index in [2.05, 4.69) is 26.3 Å². The first-order valence-electron chi connectivity index (χ1n) is 17.1. The Hall–Kier alpha value is -5.25. The zero-order valence-corrected chi connectivity index (χ0v) is 31.5. The minimum absolute atomic E-state index is 0.0397. The van der Waals surface area contributed by atoms with Crippen molar-refractivity contribution in [2.75, 3.05) is 10.3 Å². The number of carbonyl (C=O) groups excluding carboxylic acids is 4. The van der Waals surface area contributed by atoms with Gasteiger partial charge in [-0.3, -0.25) is 29.5 Å². The maximum atomic E-state index is 15.3. The van der Waals surface area contributed by atoms with Gasteiger partial charge in [0.05, 0.1) is 45.0 Å². The number of aromatic hydroxyl groups is 1. The molecule has 2 saturated heterocycles. The van der Waals surface area contributed by atoms with E-state index in [0.29, 0.717) is 37.9 Å². The molecule has 4 amide bonds. The summed E-state index contributed by atoms with van der Waals surface area (Å²) < 4.78 is 40.9. The first kappa shape index (κ1) is 37.7. The number of anilines is 2. The van der Waals surface area contributed by atoms with Gasteiger partial charge in [0.1, 0.15) is 5.75 Å². The van der Waals surface area contributed by atoms with Gasteiger partial charge in [0, 0.05) is 27.2 Å². The first-order chi connectivity index (χ1) is 26.5. The molecule has 3 fully saturated rings. The van der Waals surface area contributed by atoms with Crippen LogP contribution in [0, 0.1) is 23.7 Å². The van der Waals surface area contributed by atoms with Gasteiger partial charge in [-0.1, -0.05) is 69.0 Å².